The molecule has 1 saturated heterocycles. The summed E-state index contributed by atoms with van der Waals surface area (Å²) in [7, 11) is 0. The molecule has 2 heterocycles. The van der Waals surface area contributed by atoms with E-state index in [0.29, 0.717) is 6.04 Å². The summed E-state index contributed by atoms with van der Waals surface area (Å²) >= 11 is 0. The lowest BCUT2D eigenvalue weighted by Gasteiger charge is -2.26. The third-order valence-corrected chi connectivity index (χ3v) is 1.85. The first-order valence-electron chi connectivity index (χ1n) is 4.00. The Hall–Kier alpha value is -1.00. The van der Waals surface area contributed by atoms with Crippen LogP contribution >= 0.6 is 0 Å². The van der Waals surface area contributed by atoms with E-state index in [1.165, 1.54) is 6.33 Å². The van der Waals surface area contributed by atoms with Gasteiger partial charge in [-0.25, -0.2) is 9.97 Å². The molecule has 12 heavy (non-hydrogen) atoms. The van der Waals surface area contributed by atoms with Gasteiger partial charge in [-0.2, -0.15) is 0 Å². The predicted molar refractivity (Wildman–Crippen MR) is 43.5 cm³/mol. The lowest BCUT2D eigenvalue weighted by molar-refractivity contribution is -0.00580. The number of rotatable bonds is 3. The van der Waals surface area contributed by atoms with E-state index in [2.05, 4.69) is 15.3 Å². The van der Waals surface area contributed by atoms with Crippen molar-refractivity contribution in [1.29, 1.82) is 0 Å². The Morgan fingerprint density at radius 2 is 2.17 bits per heavy atom. The van der Waals surface area contributed by atoms with Gasteiger partial charge in [-0.1, -0.05) is 0 Å². The summed E-state index contributed by atoms with van der Waals surface area (Å²) < 4.78 is 5.03. The van der Waals surface area contributed by atoms with Crippen LogP contribution in [0.3, 0.4) is 0 Å². The van der Waals surface area contributed by atoms with Crippen LogP contribution in [0.25, 0.3) is 0 Å². The van der Waals surface area contributed by atoms with Gasteiger partial charge in [-0.05, 0) is 0 Å². The molecule has 1 aromatic heterocycles. The van der Waals surface area contributed by atoms with Gasteiger partial charge in [-0.3, -0.25) is 0 Å². The molecular formula is C8H11N3O. The monoisotopic (exact) mass is 165 g/mol. The lowest BCUT2D eigenvalue weighted by Crippen LogP contribution is -2.45. The fourth-order valence-corrected chi connectivity index (χ4v) is 1.04. The van der Waals surface area contributed by atoms with Gasteiger partial charge in [0.1, 0.15) is 6.33 Å². The number of nitrogens with zero attached hydrogens (tertiary/aromatic N) is 2. The highest BCUT2D eigenvalue weighted by molar-refractivity contribution is 5.02. The number of hydrogen-bond acceptors (Lipinski definition) is 4. The van der Waals surface area contributed by atoms with Crippen LogP contribution in [-0.2, 0) is 11.3 Å². The van der Waals surface area contributed by atoms with Gasteiger partial charge in [0.15, 0.2) is 0 Å². The first-order chi connectivity index (χ1) is 5.95. The minimum atomic E-state index is 0.519. The van der Waals surface area contributed by atoms with E-state index >= 15 is 0 Å². The predicted octanol–water partition coefficient (Wildman–Crippen LogP) is -0.0350. The number of aromatic nitrogens is 2. The standard InChI is InChI=1S/C8H11N3O/c1-7(2-10-6-9-1)3-11-8-4-12-5-8/h1-2,6,8,11H,3-5H2. The van der Waals surface area contributed by atoms with E-state index in [-0.39, 0.29) is 0 Å². The molecule has 0 atom stereocenters. The van der Waals surface area contributed by atoms with E-state index in [1.807, 2.05) is 12.4 Å². The second kappa shape index (κ2) is 3.60. The van der Waals surface area contributed by atoms with Crippen molar-refractivity contribution in [3.63, 3.8) is 0 Å². The van der Waals surface area contributed by atoms with Crippen molar-refractivity contribution in [2.24, 2.45) is 0 Å². The van der Waals surface area contributed by atoms with Crippen molar-refractivity contribution >= 4 is 0 Å². The zero-order chi connectivity index (χ0) is 8.23. The molecule has 0 spiro atoms. The molecule has 1 fully saturated rings. The zero-order valence-corrected chi connectivity index (χ0v) is 6.73. The van der Waals surface area contributed by atoms with Gasteiger partial charge in [0.25, 0.3) is 0 Å². The molecule has 1 aliphatic heterocycles. The highest BCUT2D eigenvalue weighted by atomic mass is 16.5. The van der Waals surface area contributed by atoms with Crippen LogP contribution in [0.2, 0.25) is 0 Å². The van der Waals surface area contributed by atoms with Crippen LogP contribution in [0.5, 0.6) is 0 Å². The second-order valence-electron chi connectivity index (χ2n) is 2.86. The fraction of sp³-hybridized carbons (Fsp3) is 0.500. The van der Waals surface area contributed by atoms with Crippen LogP contribution in [0.15, 0.2) is 18.7 Å². The van der Waals surface area contributed by atoms with Crippen molar-refractivity contribution in [3.8, 4) is 0 Å². The summed E-state index contributed by atoms with van der Waals surface area (Å²) in [6, 6.07) is 0.519. The molecule has 0 unspecified atom stereocenters. The van der Waals surface area contributed by atoms with Crippen molar-refractivity contribution < 1.29 is 4.74 Å². The summed E-state index contributed by atoms with van der Waals surface area (Å²) in [6.07, 6.45) is 5.18. The van der Waals surface area contributed by atoms with Crippen molar-refractivity contribution in [2.75, 3.05) is 13.2 Å². The maximum atomic E-state index is 5.03. The minimum Gasteiger partial charge on any atom is -0.378 e. The van der Waals surface area contributed by atoms with E-state index in [4.69, 9.17) is 4.74 Å². The largest absolute Gasteiger partial charge is 0.378 e. The van der Waals surface area contributed by atoms with Crippen LogP contribution in [-0.4, -0.2) is 29.2 Å². The topological polar surface area (TPSA) is 47.0 Å². The number of ether oxygens (including phenoxy) is 1. The Morgan fingerprint density at radius 3 is 2.75 bits per heavy atom. The summed E-state index contributed by atoms with van der Waals surface area (Å²) in [4.78, 5) is 7.85. The zero-order valence-electron chi connectivity index (χ0n) is 6.73. The van der Waals surface area contributed by atoms with Gasteiger partial charge >= 0.3 is 0 Å². The normalized spacial score (nSPS) is 17.3. The average molecular weight is 165 g/mol. The molecule has 0 saturated carbocycles. The van der Waals surface area contributed by atoms with Crippen molar-refractivity contribution in [1.82, 2.24) is 15.3 Å². The number of nitrogens with one attached hydrogen (secondary N) is 1. The van der Waals surface area contributed by atoms with Gasteiger partial charge < -0.3 is 10.1 Å². The molecule has 0 aliphatic carbocycles. The highest BCUT2D eigenvalue weighted by Gasteiger charge is 2.16. The van der Waals surface area contributed by atoms with Gasteiger partial charge in [0.05, 0.1) is 19.3 Å². The summed E-state index contributed by atoms with van der Waals surface area (Å²) in [5.41, 5.74) is 1.12. The number of hydrogen-bond donors (Lipinski definition) is 1. The van der Waals surface area contributed by atoms with Crippen LogP contribution < -0.4 is 5.32 Å². The lowest BCUT2D eigenvalue weighted by atomic mass is 10.2. The third-order valence-electron chi connectivity index (χ3n) is 1.85. The maximum Gasteiger partial charge on any atom is 0.115 e. The van der Waals surface area contributed by atoms with Gasteiger partial charge in [0.2, 0.25) is 0 Å². The molecule has 1 N–H and O–H groups in total. The van der Waals surface area contributed by atoms with Crippen LogP contribution in [0.4, 0.5) is 0 Å². The summed E-state index contributed by atoms with van der Waals surface area (Å²) in [5.74, 6) is 0. The third kappa shape index (κ3) is 1.78. The average Bonchev–Trinajstić information content (AvgIpc) is 2.04. The van der Waals surface area contributed by atoms with Crippen molar-refractivity contribution in [3.05, 3.63) is 24.3 Å². The first kappa shape index (κ1) is 7.64. The molecule has 0 bridgehead atoms. The maximum absolute atomic E-state index is 5.03. The molecule has 4 nitrogen and oxygen atoms in total. The van der Waals surface area contributed by atoms with E-state index in [9.17, 15) is 0 Å². The quantitative estimate of drug-likeness (QED) is 0.683. The molecular weight excluding hydrogens is 154 g/mol. The van der Waals surface area contributed by atoms with E-state index in [0.717, 1.165) is 25.3 Å². The van der Waals surface area contributed by atoms with Crippen molar-refractivity contribution in [2.45, 2.75) is 12.6 Å². The van der Waals surface area contributed by atoms with E-state index in [1.54, 1.807) is 0 Å². The fourth-order valence-electron chi connectivity index (χ4n) is 1.04. The molecule has 2 rings (SSSR count). The SMILES string of the molecule is c1ncc(CNC2COC2)cn1. The Morgan fingerprint density at radius 1 is 1.42 bits per heavy atom. The Balaban J connectivity index is 1.79. The molecule has 0 radical (unpaired) electrons. The van der Waals surface area contributed by atoms with Gasteiger partial charge in [0, 0.05) is 24.5 Å². The first-order valence-corrected chi connectivity index (χ1v) is 4.00. The Kier molecular flexibility index (Phi) is 2.29. The molecule has 0 amide bonds. The minimum absolute atomic E-state index is 0.519. The smallest absolute Gasteiger partial charge is 0.115 e. The molecule has 1 aromatic rings. The Bertz CT molecular complexity index is 235. The molecule has 1 aliphatic rings. The van der Waals surface area contributed by atoms with E-state index < -0.39 is 0 Å². The van der Waals surface area contributed by atoms with Crippen LogP contribution in [0, 0.1) is 0 Å². The summed E-state index contributed by atoms with van der Waals surface area (Å²) in [5, 5.41) is 3.33. The molecule has 4 heteroatoms. The second-order valence-corrected chi connectivity index (χ2v) is 2.86. The highest BCUT2D eigenvalue weighted by Crippen LogP contribution is 2.01. The van der Waals surface area contributed by atoms with Crippen LogP contribution in [0.1, 0.15) is 5.56 Å². The molecule has 0 aromatic carbocycles. The van der Waals surface area contributed by atoms with Gasteiger partial charge in [-0.15, -0.1) is 0 Å². The Labute approximate surface area is 71.0 Å². The molecule has 64 valence electrons. The summed E-state index contributed by atoms with van der Waals surface area (Å²) in [6.45, 7) is 2.48.